The first kappa shape index (κ1) is 16.1. The molecule has 23 heavy (non-hydrogen) atoms. The van der Waals surface area contributed by atoms with Crippen LogP contribution in [-0.2, 0) is 6.42 Å². The number of primary amides is 1. The minimum Gasteiger partial charge on any atom is -0.364 e. The van der Waals surface area contributed by atoms with Crippen molar-refractivity contribution in [2.45, 2.75) is 6.42 Å². The van der Waals surface area contributed by atoms with Gasteiger partial charge in [0.05, 0.1) is 4.92 Å². The summed E-state index contributed by atoms with van der Waals surface area (Å²) in [5.41, 5.74) is 6.14. The van der Waals surface area contributed by atoms with Crippen LogP contribution in [0.4, 0.5) is 11.5 Å². The van der Waals surface area contributed by atoms with Gasteiger partial charge in [-0.3, -0.25) is 19.9 Å². The third-order valence-electron chi connectivity index (χ3n) is 2.82. The molecule has 2 aromatic rings. The molecule has 0 atom stereocenters. The molecule has 0 aliphatic carbocycles. The lowest BCUT2D eigenvalue weighted by atomic mass is 10.1. The highest BCUT2D eigenvalue weighted by Crippen LogP contribution is 2.19. The van der Waals surface area contributed by atoms with Gasteiger partial charge in [0.15, 0.2) is 5.69 Å². The lowest BCUT2D eigenvalue weighted by Gasteiger charge is -1.99. The van der Waals surface area contributed by atoms with Crippen molar-refractivity contribution in [3.63, 3.8) is 0 Å². The largest absolute Gasteiger partial charge is 0.364 e. The number of amides is 1. The zero-order valence-corrected chi connectivity index (χ0v) is 12.6. The second-order valence-corrected chi connectivity index (χ2v) is 4.88. The third kappa shape index (κ3) is 4.09. The molecule has 1 aromatic carbocycles. The van der Waals surface area contributed by atoms with Crippen molar-refractivity contribution in [2.24, 2.45) is 16.1 Å². The predicted octanol–water partition coefficient (Wildman–Crippen LogP) is 1.57. The summed E-state index contributed by atoms with van der Waals surface area (Å²) >= 11 is 0. The van der Waals surface area contributed by atoms with E-state index in [-0.39, 0.29) is 17.2 Å². The fourth-order valence-electron chi connectivity index (χ4n) is 1.80. The summed E-state index contributed by atoms with van der Waals surface area (Å²) in [5.74, 6) is -0.136. The van der Waals surface area contributed by atoms with Crippen LogP contribution in [0.3, 0.4) is 0 Å². The van der Waals surface area contributed by atoms with Crippen molar-refractivity contribution < 1.29 is 9.72 Å². The van der Waals surface area contributed by atoms with E-state index in [1.165, 1.54) is 17.1 Å². The van der Waals surface area contributed by atoms with Gasteiger partial charge < -0.3 is 10.7 Å². The van der Waals surface area contributed by atoms with Gasteiger partial charge in [0.1, 0.15) is 5.82 Å². The number of nitrogens with zero attached hydrogens (tertiary/aromatic N) is 5. The summed E-state index contributed by atoms with van der Waals surface area (Å²) in [6.45, 7) is 0. The molecular weight excluding hydrogens is 302 g/mol. The summed E-state index contributed by atoms with van der Waals surface area (Å²) < 4.78 is 0. The molecule has 0 radical (unpaired) electrons. The first-order valence-electron chi connectivity index (χ1n) is 6.58. The van der Waals surface area contributed by atoms with Gasteiger partial charge in [-0.25, -0.2) is 4.98 Å². The quantitative estimate of drug-likeness (QED) is 0.472. The number of H-pyrrole nitrogens is 1. The van der Waals surface area contributed by atoms with E-state index in [2.05, 4.69) is 20.3 Å². The predicted molar refractivity (Wildman–Crippen MR) is 81.2 cm³/mol. The molecule has 1 amide bonds. The molecule has 1 aromatic heterocycles. The number of aromatic amines is 1. The number of aromatic nitrogens is 2. The fourth-order valence-corrected chi connectivity index (χ4v) is 1.80. The van der Waals surface area contributed by atoms with Crippen molar-refractivity contribution in [2.75, 3.05) is 14.1 Å². The number of nitrogens with one attached hydrogen (secondary N) is 1. The summed E-state index contributed by atoms with van der Waals surface area (Å²) in [6, 6.07) is 6.04. The number of imidazole rings is 1. The maximum Gasteiger partial charge on any atom is 0.269 e. The molecule has 10 heteroatoms. The molecule has 1 heterocycles. The van der Waals surface area contributed by atoms with Gasteiger partial charge in [-0.15, -0.1) is 5.11 Å². The molecule has 0 fully saturated rings. The number of benzene rings is 1. The van der Waals surface area contributed by atoms with Gasteiger partial charge in [-0.1, -0.05) is 17.4 Å². The second-order valence-electron chi connectivity index (χ2n) is 4.88. The normalized spacial score (nSPS) is 10.9. The van der Waals surface area contributed by atoms with Crippen molar-refractivity contribution >= 4 is 17.4 Å². The number of carbonyl (C=O) groups is 1. The van der Waals surface area contributed by atoms with E-state index >= 15 is 0 Å². The van der Waals surface area contributed by atoms with E-state index in [1.54, 1.807) is 26.2 Å². The van der Waals surface area contributed by atoms with Crippen LogP contribution < -0.4 is 5.73 Å². The topological polar surface area (TPSA) is 143 Å². The Bertz CT molecular complexity index is 749. The van der Waals surface area contributed by atoms with Crippen LogP contribution in [-0.4, -0.2) is 39.9 Å². The highest BCUT2D eigenvalue weighted by Gasteiger charge is 2.15. The second kappa shape index (κ2) is 6.64. The standard InChI is InChI=1S/C13H15N7O3/c1-19(2)18-17-13-11(12(14)21)15-10(16-13)7-8-3-5-9(6-4-8)20(22)23/h3-6H,7H2,1-2H3,(H2,14,21)(H,15,16). The molecule has 0 bridgehead atoms. The number of nitrogens with two attached hydrogens (primary N) is 1. The summed E-state index contributed by atoms with van der Waals surface area (Å²) in [4.78, 5) is 28.5. The van der Waals surface area contributed by atoms with Gasteiger partial charge in [-0.2, -0.15) is 0 Å². The van der Waals surface area contributed by atoms with E-state index in [9.17, 15) is 14.9 Å². The molecule has 0 spiro atoms. The van der Waals surface area contributed by atoms with E-state index in [1.807, 2.05) is 0 Å². The molecular formula is C13H15N7O3. The Morgan fingerprint density at radius 1 is 1.39 bits per heavy atom. The molecule has 3 N–H and O–H groups in total. The number of hydrogen-bond donors (Lipinski definition) is 2. The van der Waals surface area contributed by atoms with Crippen LogP contribution in [0.2, 0.25) is 0 Å². The maximum absolute atomic E-state index is 11.4. The first-order chi connectivity index (χ1) is 10.9. The van der Waals surface area contributed by atoms with Gasteiger partial charge >= 0.3 is 0 Å². The average molecular weight is 317 g/mol. The highest BCUT2D eigenvalue weighted by atomic mass is 16.6. The van der Waals surface area contributed by atoms with Gasteiger partial charge in [0.2, 0.25) is 5.82 Å². The molecule has 10 nitrogen and oxygen atoms in total. The Balaban J connectivity index is 2.24. The van der Waals surface area contributed by atoms with E-state index < -0.39 is 10.8 Å². The summed E-state index contributed by atoms with van der Waals surface area (Å²) in [7, 11) is 3.36. The lowest BCUT2D eigenvalue weighted by molar-refractivity contribution is -0.384. The molecule has 0 saturated heterocycles. The monoisotopic (exact) mass is 317 g/mol. The van der Waals surface area contributed by atoms with Crippen LogP contribution in [0.5, 0.6) is 0 Å². The van der Waals surface area contributed by atoms with Crippen LogP contribution in [0.1, 0.15) is 21.9 Å². The lowest BCUT2D eigenvalue weighted by Crippen LogP contribution is -2.11. The van der Waals surface area contributed by atoms with Gasteiger partial charge in [0.25, 0.3) is 11.6 Å². The summed E-state index contributed by atoms with van der Waals surface area (Å²) in [6.07, 6.45) is 0.343. The maximum atomic E-state index is 11.4. The summed E-state index contributed by atoms with van der Waals surface area (Å²) in [5, 5.41) is 19.7. The van der Waals surface area contributed by atoms with Gasteiger partial charge in [0, 0.05) is 32.6 Å². The number of nitro benzene ring substituents is 1. The Labute approximate surface area is 131 Å². The molecule has 0 unspecified atom stereocenters. The van der Waals surface area contributed by atoms with Crippen molar-refractivity contribution in [3.05, 3.63) is 51.5 Å². The molecule has 2 rings (SSSR count). The van der Waals surface area contributed by atoms with E-state index in [0.717, 1.165) is 5.56 Å². The minimum absolute atomic E-state index is 0.00601. The Hall–Kier alpha value is -3.30. The van der Waals surface area contributed by atoms with Crippen LogP contribution in [0.25, 0.3) is 0 Å². The zero-order chi connectivity index (χ0) is 17.0. The third-order valence-corrected chi connectivity index (χ3v) is 2.82. The molecule has 0 aliphatic heterocycles. The van der Waals surface area contributed by atoms with Crippen LogP contribution in [0.15, 0.2) is 34.6 Å². The van der Waals surface area contributed by atoms with Crippen molar-refractivity contribution in [1.82, 2.24) is 15.0 Å². The number of non-ortho nitro benzene ring substituents is 1. The number of rotatable bonds is 6. The van der Waals surface area contributed by atoms with Gasteiger partial charge in [-0.05, 0) is 5.56 Å². The van der Waals surface area contributed by atoms with E-state index in [4.69, 9.17) is 5.73 Å². The fraction of sp³-hybridized carbons (Fsp3) is 0.231. The number of carbonyl (C=O) groups excluding carboxylic acids is 1. The van der Waals surface area contributed by atoms with Crippen molar-refractivity contribution in [3.8, 4) is 0 Å². The number of nitro groups is 1. The molecule has 0 aliphatic rings. The minimum atomic E-state index is -0.694. The highest BCUT2D eigenvalue weighted by molar-refractivity contribution is 5.95. The molecule has 0 saturated carbocycles. The molecule has 120 valence electrons. The van der Waals surface area contributed by atoms with E-state index in [0.29, 0.717) is 12.2 Å². The SMILES string of the molecule is CN(C)N=Nc1nc(Cc2ccc([N+](=O)[O-])cc2)[nH]c1C(N)=O. The average Bonchev–Trinajstić information content (AvgIpc) is 2.89. The Morgan fingerprint density at radius 2 is 2.04 bits per heavy atom. The zero-order valence-electron chi connectivity index (χ0n) is 12.6. The smallest absolute Gasteiger partial charge is 0.269 e. The Morgan fingerprint density at radius 3 is 2.57 bits per heavy atom. The Kier molecular flexibility index (Phi) is 4.64. The van der Waals surface area contributed by atoms with Crippen LogP contribution in [0, 0.1) is 10.1 Å². The van der Waals surface area contributed by atoms with Crippen molar-refractivity contribution in [1.29, 1.82) is 0 Å². The number of hydrogen-bond acceptors (Lipinski definition) is 6. The first-order valence-corrected chi connectivity index (χ1v) is 6.58. The van der Waals surface area contributed by atoms with Crippen LogP contribution >= 0.6 is 0 Å².